The number of hydrogen-bond acceptors (Lipinski definition) is 7. The molecule has 0 atom stereocenters. The number of thioether (sulfide) groups is 1. The number of amides is 1. The summed E-state index contributed by atoms with van der Waals surface area (Å²) in [7, 11) is 0. The molecule has 0 saturated carbocycles. The van der Waals surface area contributed by atoms with Crippen LogP contribution in [0.2, 0.25) is 0 Å². The number of nitrogens with zero attached hydrogens (tertiary/aromatic N) is 2. The molecule has 0 spiro atoms. The molecule has 1 aromatic carbocycles. The zero-order valence-electron chi connectivity index (χ0n) is 17.6. The van der Waals surface area contributed by atoms with Gasteiger partial charge in [0.25, 0.3) is 5.56 Å². The van der Waals surface area contributed by atoms with Crippen molar-refractivity contribution >= 4 is 39.2 Å². The first-order valence-corrected chi connectivity index (χ1v) is 12.0. The molecule has 0 aliphatic heterocycles. The van der Waals surface area contributed by atoms with Gasteiger partial charge in [-0.25, -0.2) is 4.98 Å². The molecule has 33 heavy (non-hydrogen) atoms. The smallest absolute Gasteiger partial charge is 0.268 e. The van der Waals surface area contributed by atoms with Gasteiger partial charge in [0.15, 0.2) is 5.16 Å². The normalized spacial score (nSPS) is 11.2. The lowest BCUT2D eigenvalue weighted by molar-refractivity contribution is -0.118. The van der Waals surface area contributed by atoms with Crippen molar-refractivity contribution in [2.75, 3.05) is 5.75 Å². The molecule has 0 bridgehead atoms. The zero-order valence-corrected chi connectivity index (χ0v) is 19.2. The van der Waals surface area contributed by atoms with Crippen molar-refractivity contribution in [2.45, 2.75) is 18.6 Å². The Morgan fingerprint density at radius 3 is 2.73 bits per heavy atom. The number of hydrogen-bond donors (Lipinski definition) is 1. The average molecular weight is 478 g/mol. The van der Waals surface area contributed by atoms with Crippen LogP contribution < -0.4 is 10.9 Å². The minimum absolute atomic E-state index is 0.112. The molecule has 0 saturated heterocycles. The van der Waals surface area contributed by atoms with Gasteiger partial charge in [0.2, 0.25) is 5.91 Å². The van der Waals surface area contributed by atoms with Crippen LogP contribution >= 0.6 is 23.1 Å². The van der Waals surface area contributed by atoms with Crippen LogP contribution in [0.1, 0.15) is 11.5 Å². The molecule has 0 fully saturated rings. The van der Waals surface area contributed by atoms with Crippen molar-refractivity contribution in [3.05, 3.63) is 88.1 Å². The van der Waals surface area contributed by atoms with Crippen LogP contribution in [0.5, 0.6) is 0 Å². The fourth-order valence-corrected chi connectivity index (χ4v) is 5.23. The molecule has 0 radical (unpaired) electrons. The molecule has 1 amide bonds. The van der Waals surface area contributed by atoms with Crippen molar-refractivity contribution < 1.29 is 13.6 Å². The fraction of sp³-hybridized carbons (Fsp3) is 0.125. The van der Waals surface area contributed by atoms with E-state index < -0.39 is 0 Å². The number of benzene rings is 1. The quantitative estimate of drug-likeness (QED) is 0.262. The van der Waals surface area contributed by atoms with Crippen LogP contribution in [-0.4, -0.2) is 21.2 Å². The number of furan rings is 2. The second kappa shape index (κ2) is 9.13. The van der Waals surface area contributed by atoms with E-state index in [-0.39, 0.29) is 17.2 Å². The molecule has 4 heterocycles. The lowest BCUT2D eigenvalue weighted by Gasteiger charge is -2.12. The number of thiophene rings is 1. The minimum atomic E-state index is -0.199. The molecular formula is C24H19N3O4S2. The molecule has 0 aliphatic rings. The standard InChI is InChI=1S/C24H19N3O4S2/c1-15-9-10-19(31-15)18-13-32-22-21(18)23(29)27(16-6-3-2-4-7-16)24(26-22)33-14-20(28)25-12-17-8-5-11-30-17/h2-11,13H,12,14H2,1H3,(H,25,28). The van der Waals surface area contributed by atoms with E-state index in [2.05, 4.69) is 5.32 Å². The summed E-state index contributed by atoms with van der Waals surface area (Å²) in [6, 6.07) is 16.6. The van der Waals surface area contributed by atoms with E-state index in [9.17, 15) is 9.59 Å². The second-order valence-electron chi connectivity index (χ2n) is 7.26. The predicted octanol–water partition coefficient (Wildman–Crippen LogP) is 5.02. The third kappa shape index (κ3) is 4.37. The largest absolute Gasteiger partial charge is 0.467 e. The lowest BCUT2D eigenvalue weighted by Crippen LogP contribution is -2.26. The molecule has 9 heteroatoms. The first-order valence-electron chi connectivity index (χ1n) is 10.2. The highest BCUT2D eigenvalue weighted by atomic mass is 32.2. The number of aromatic nitrogens is 2. The van der Waals surface area contributed by atoms with Crippen molar-refractivity contribution in [3.8, 4) is 17.0 Å². The molecule has 1 N–H and O–H groups in total. The van der Waals surface area contributed by atoms with E-state index in [1.54, 1.807) is 23.0 Å². The Hall–Kier alpha value is -3.56. The van der Waals surface area contributed by atoms with Crippen LogP contribution in [0.3, 0.4) is 0 Å². The Morgan fingerprint density at radius 1 is 1.15 bits per heavy atom. The number of nitrogens with one attached hydrogen (secondary N) is 1. The highest BCUT2D eigenvalue weighted by Crippen LogP contribution is 2.33. The molecule has 0 aliphatic carbocycles. The molecule has 4 aromatic heterocycles. The second-order valence-corrected chi connectivity index (χ2v) is 9.06. The summed E-state index contributed by atoms with van der Waals surface area (Å²) in [4.78, 5) is 31.5. The van der Waals surface area contributed by atoms with E-state index in [1.165, 1.54) is 23.1 Å². The summed E-state index contributed by atoms with van der Waals surface area (Å²) in [6.07, 6.45) is 1.56. The maximum Gasteiger partial charge on any atom is 0.268 e. The van der Waals surface area contributed by atoms with Crippen LogP contribution in [0, 0.1) is 6.92 Å². The molecule has 5 rings (SSSR count). The maximum absolute atomic E-state index is 13.7. The monoisotopic (exact) mass is 477 g/mol. The molecule has 166 valence electrons. The van der Waals surface area contributed by atoms with E-state index in [4.69, 9.17) is 13.8 Å². The zero-order chi connectivity index (χ0) is 22.8. The number of para-hydroxylation sites is 1. The van der Waals surface area contributed by atoms with Crippen molar-refractivity contribution in [1.29, 1.82) is 0 Å². The van der Waals surface area contributed by atoms with E-state index >= 15 is 0 Å². The first-order chi connectivity index (χ1) is 16.1. The minimum Gasteiger partial charge on any atom is -0.467 e. The number of carbonyl (C=O) groups excluding carboxylic acids is 1. The maximum atomic E-state index is 13.7. The summed E-state index contributed by atoms with van der Waals surface area (Å²) in [5, 5.41) is 5.66. The van der Waals surface area contributed by atoms with Gasteiger partial charge in [-0.3, -0.25) is 14.2 Å². The highest BCUT2D eigenvalue weighted by molar-refractivity contribution is 7.99. The van der Waals surface area contributed by atoms with Gasteiger partial charge < -0.3 is 14.2 Å². The first kappa shape index (κ1) is 21.3. The van der Waals surface area contributed by atoms with Gasteiger partial charge in [-0.15, -0.1) is 11.3 Å². The highest BCUT2D eigenvalue weighted by Gasteiger charge is 2.20. The van der Waals surface area contributed by atoms with Crippen LogP contribution in [0.25, 0.3) is 27.2 Å². The molecule has 5 aromatic rings. The SMILES string of the molecule is Cc1ccc(-c2csc3nc(SCC(=O)NCc4ccco4)n(-c4ccccc4)c(=O)c23)o1. The summed E-state index contributed by atoms with van der Waals surface area (Å²) in [5.41, 5.74) is 1.20. The third-order valence-corrected chi connectivity index (χ3v) is 6.78. The lowest BCUT2D eigenvalue weighted by atomic mass is 10.2. The summed E-state index contributed by atoms with van der Waals surface area (Å²) in [6.45, 7) is 2.17. The summed E-state index contributed by atoms with van der Waals surface area (Å²) in [5.74, 6) is 2.02. The van der Waals surface area contributed by atoms with Crippen LogP contribution in [-0.2, 0) is 11.3 Å². The number of carbonyl (C=O) groups is 1. The molecule has 7 nitrogen and oxygen atoms in total. The van der Waals surface area contributed by atoms with Gasteiger partial charge in [-0.1, -0.05) is 30.0 Å². The third-order valence-electron chi connectivity index (χ3n) is 4.97. The Balaban J connectivity index is 1.51. The number of rotatable bonds is 7. The van der Waals surface area contributed by atoms with Gasteiger partial charge in [-0.2, -0.15) is 0 Å². The van der Waals surface area contributed by atoms with Crippen LogP contribution in [0.15, 0.2) is 85.0 Å². The van der Waals surface area contributed by atoms with Crippen molar-refractivity contribution in [2.24, 2.45) is 0 Å². The summed E-state index contributed by atoms with van der Waals surface area (Å²) < 4.78 is 12.6. The van der Waals surface area contributed by atoms with Gasteiger partial charge in [-0.05, 0) is 43.3 Å². The van der Waals surface area contributed by atoms with Crippen molar-refractivity contribution in [1.82, 2.24) is 14.9 Å². The van der Waals surface area contributed by atoms with E-state index in [0.29, 0.717) is 39.1 Å². The fourth-order valence-electron chi connectivity index (χ4n) is 3.41. The van der Waals surface area contributed by atoms with E-state index in [0.717, 1.165) is 11.3 Å². The topological polar surface area (TPSA) is 90.3 Å². The van der Waals surface area contributed by atoms with Crippen molar-refractivity contribution in [3.63, 3.8) is 0 Å². The predicted molar refractivity (Wildman–Crippen MR) is 129 cm³/mol. The molecular weight excluding hydrogens is 458 g/mol. The molecule has 0 unspecified atom stereocenters. The number of fused-ring (bicyclic) bond motifs is 1. The number of aryl methyl sites for hydroxylation is 1. The van der Waals surface area contributed by atoms with Gasteiger partial charge >= 0.3 is 0 Å². The van der Waals surface area contributed by atoms with Gasteiger partial charge in [0.05, 0.1) is 29.6 Å². The van der Waals surface area contributed by atoms with Gasteiger partial charge in [0.1, 0.15) is 22.1 Å². The Morgan fingerprint density at radius 2 is 2.00 bits per heavy atom. The Kier molecular flexibility index (Phi) is 5.89. The summed E-state index contributed by atoms with van der Waals surface area (Å²) >= 11 is 2.60. The van der Waals surface area contributed by atoms with Gasteiger partial charge in [0, 0.05) is 10.9 Å². The average Bonchev–Trinajstić information content (AvgIpc) is 3.58. The Bertz CT molecular complexity index is 1470. The Labute approximate surface area is 197 Å². The van der Waals surface area contributed by atoms with E-state index in [1.807, 2.05) is 54.8 Å². The van der Waals surface area contributed by atoms with Crippen LogP contribution in [0.4, 0.5) is 0 Å².